The van der Waals surface area contributed by atoms with E-state index in [9.17, 15) is 92.0 Å². The molecule has 50 heteroatoms. The van der Waals surface area contributed by atoms with Crippen molar-refractivity contribution in [2.75, 3.05) is 32.7 Å². The van der Waals surface area contributed by atoms with Crippen LogP contribution in [-0.2, 0) is 115 Å². The number of aliphatic carboxylic acids is 1. The molecule has 0 saturated carbocycles. The van der Waals surface area contributed by atoms with Gasteiger partial charge in [-0.25, -0.2) is 4.98 Å². The van der Waals surface area contributed by atoms with Gasteiger partial charge in [0.15, 0.2) is 11.9 Å². The Morgan fingerprint density at radius 2 is 0.699 bits per heavy atom. The van der Waals surface area contributed by atoms with Crippen LogP contribution in [0.1, 0.15) is 182 Å². The first-order valence-electron chi connectivity index (χ1n) is 48.1. The largest absolute Gasteiger partial charge is 0.481 e. The van der Waals surface area contributed by atoms with Crippen LogP contribution in [0.5, 0.6) is 0 Å². The molecule has 143 heavy (non-hydrogen) atoms. The van der Waals surface area contributed by atoms with Gasteiger partial charge in [0.05, 0.1) is 37.1 Å². The van der Waals surface area contributed by atoms with Crippen molar-refractivity contribution in [1.29, 1.82) is 10.8 Å². The van der Waals surface area contributed by atoms with Crippen molar-refractivity contribution in [3.05, 3.63) is 90.0 Å². The number of nitrogens with two attached hydrogens (primary N) is 4. The van der Waals surface area contributed by atoms with Gasteiger partial charge in [-0.1, -0.05) is 122 Å². The molecule has 19 amide bonds. The fourth-order valence-corrected chi connectivity index (χ4v) is 17.1. The lowest BCUT2D eigenvalue weighted by molar-refractivity contribution is -0.146. The molecule has 0 unspecified atom stereocenters. The van der Waals surface area contributed by atoms with E-state index in [1.165, 1.54) is 26.4 Å². The molecule has 2 aromatic carbocycles. The topological polar surface area (TPSA) is 785 Å². The number of aliphatic hydroxyl groups excluding tert-OH is 2. The van der Waals surface area contributed by atoms with Gasteiger partial charge in [0, 0.05) is 64.6 Å². The number of aromatic nitrogens is 2. The molecule has 7 rings (SSSR count). The molecular formula is C93H141N27O23. The Balaban J connectivity index is 1.30. The Morgan fingerprint density at radius 3 is 1.08 bits per heavy atom. The summed E-state index contributed by atoms with van der Waals surface area (Å²) in [4.78, 5) is 302. The fourth-order valence-electron chi connectivity index (χ4n) is 17.1. The summed E-state index contributed by atoms with van der Waals surface area (Å²) in [6.45, 7) is 14.1. The molecule has 0 aliphatic carbocycles. The number of fused-ring (bicyclic) bond motifs is 3. The third kappa shape index (κ3) is 35.0. The highest BCUT2D eigenvalue weighted by Gasteiger charge is 2.48. The Labute approximate surface area is 827 Å². The van der Waals surface area contributed by atoms with E-state index in [2.05, 4.69) is 95.0 Å². The summed E-state index contributed by atoms with van der Waals surface area (Å²) in [5.41, 5.74) is 23.8. The van der Waals surface area contributed by atoms with Gasteiger partial charge in [-0.15, -0.1) is 0 Å². The smallest absolute Gasteiger partial charge is 0.303 e. The molecule has 20 atom stereocenters. The minimum atomic E-state index is -1.93. The van der Waals surface area contributed by atoms with E-state index in [0.29, 0.717) is 11.1 Å². The van der Waals surface area contributed by atoms with E-state index in [1.807, 2.05) is 0 Å². The molecule has 50 nitrogen and oxygen atoms in total. The first-order valence-corrected chi connectivity index (χ1v) is 48.1. The third-order valence-electron chi connectivity index (χ3n) is 25.1. The molecule has 786 valence electrons. The second kappa shape index (κ2) is 55.6. The highest BCUT2D eigenvalue weighted by atomic mass is 16.4. The predicted octanol–water partition coefficient (Wildman–Crippen LogP) is -6.87. The van der Waals surface area contributed by atoms with E-state index in [-0.39, 0.29) is 128 Å². The zero-order chi connectivity index (χ0) is 106. The molecule has 0 spiro atoms. The number of aromatic amines is 1. The van der Waals surface area contributed by atoms with E-state index in [0.717, 1.165) is 28.5 Å². The molecule has 4 aliphatic heterocycles. The van der Waals surface area contributed by atoms with Crippen LogP contribution in [0.4, 0.5) is 0 Å². The lowest BCUT2D eigenvalue weighted by Gasteiger charge is -2.33. The fraction of sp³-hybridized carbons (Fsp3) is 0.602. The van der Waals surface area contributed by atoms with Gasteiger partial charge in [-0.2, -0.15) is 0 Å². The monoisotopic (exact) mass is 2000 g/mol. The highest BCUT2D eigenvalue weighted by molar-refractivity contribution is 6.04. The van der Waals surface area contributed by atoms with Crippen molar-refractivity contribution in [3.8, 4) is 0 Å². The van der Waals surface area contributed by atoms with Gasteiger partial charge in [-0.05, 0) is 119 Å². The number of hydrogen-bond acceptors (Lipinski definition) is 25. The van der Waals surface area contributed by atoms with Crippen LogP contribution in [0, 0.1) is 34.5 Å². The van der Waals surface area contributed by atoms with Crippen LogP contribution in [0.15, 0.2) is 73.2 Å². The number of carboxylic acid groups (broad SMARTS) is 1. The number of imidazole rings is 1. The summed E-state index contributed by atoms with van der Waals surface area (Å²) >= 11 is 0. The number of aliphatic hydroxyl groups is 2. The normalized spacial score (nSPS) is 26.4. The summed E-state index contributed by atoms with van der Waals surface area (Å²) in [6, 6.07) is -11.7. The number of guanidine groups is 2. The third-order valence-corrected chi connectivity index (χ3v) is 25.1. The maximum Gasteiger partial charge on any atom is 0.303 e. The number of carbonyl (C=O) groups is 20. The number of nitrogens with zero attached hydrogens (tertiary/aromatic N) is 4. The van der Waals surface area contributed by atoms with Gasteiger partial charge >= 0.3 is 5.97 Å². The lowest BCUT2D eigenvalue weighted by atomic mass is 9.95. The molecule has 0 radical (unpaired) electrons. The van der Waals surface area contributed by atoms with E-state index in [1.54, 1.807) is 102 Å². The summed E-state index contributed by atoms with van der Waals surface area (Å²) < 4.78 is 0. The number of hydrogen-bond donors (Lipinski definition) is 26. The quantitative estimate of drug-likeness (QED) is 0.0182. The number of amides is 19. The second-order valence-corrected chi connectivity index (χ2v) is 37.5. The number of carboxylic acids is 1. The van der Waals surface area contributed by atoms with Crippen LogP contribution in [0.2, 0.25) is 0 Å². The number of H-pyrrole nitrogens is 1. The number of nitrogens with one attached hydrogen (secondary N) is 19. The minimum Gasteiger partial charge on any atom is -0.481 e. The van der Waals surface area contributed by atoms with Crippen molar-refractivity contribution < 1.29 is 111 Å². The van der Waals surface area contributed by atoms with E-state index < -0.39 is 294 Å². The Kier molecular flexibility index (Phi) is 44.9. The van der Waals surface area contributed by atoms with Crippen LogP contribution in [0.25, 0.3) is 0 Å². The summed E-state index contributed by atoms with van der Waals surface area (Å²) in [7, 11) is 0. The van der Waals surface area contributed by atoms with Crippen LogP contribution in [-0.4, -0.2) is 318 Å². The number of benzene rings is 2. The molecular weight excluding hydrogens is 1860 g/mol. The standard InChI is InChI=1S/C93H141N27O23/c1-11-49(8)72-88(140)114-71(48(6)7)87(139)117-74(51(10)122)91(143)120-38-21-29-63(120)82(134)105-56(28-19-35-102-93(98)99)77(129)116-73(50(9)121)90(142)119-37-22-30-64(119)83(135)106-57(32-33-68(125)126)76(128)111-62(43-67(95)124)89(141)118-36-20-31-65(118)84(136)112-70(47(4)5)86(138)113-69(46(2)3)85(137)110-60(41-54-44-100-45-103-54)80(132)108-59(40-53-25-16-13-17-26-53)79(131)107-58(39-52-23-14-12-15-24-52)78(130)104-55(27-18-34-101-92(96)97)75(127)109-61(42-66(94)123)81(133)115-72/h12-17,23-26,44-51,55-65,69-74,121-122H,11,18-22,27-43H2,1-10H3,(H2,94,123)(H2,95,124)(H,100,103)(H,104,130)(H,105,134)(H,106,135)(H,107,131)(H,108,132)(H,109,127)(H,110,137)(H,111,128)(H,112,136)(H,113,138)(H,114,140)(H,115,133)(H,116,129)(H,117,139)(H,125,126)(H4,96,97,101)(H4,98,99,102)/t49-,50+,51+,55-,56-,57-,58-,59-,60-,61-,62-,63-,64-,65-,69-,70-,71-,72-,73-,74-/m0/s1. The SMILES string of the molecule is CC[C@H](C)[C@@H]1NC(=O)[C@H](CC(N)=O)NC(=O)[C@H](CCCNC(=N)N)NC(=O)[C@H](Cc2ccccc2)NC(=O)[C@H](Cc2ccccc2)NC(=O)[C@H](Cc2c[nH]cn2)NC(=O)[C@H](C(C)C)NC(=O)[C@H](C(C)C)NC(=O)[C@@H]2CCCN2C(=O)[C@H](CC(N)=O)NC(=O)[C@H](CCC(=O)O)NC(=O)[C@@H]2CCCN2C(=O)[C@H]([C@@H](C)O)NC(=O)[C@H](CCCNC(=N)N)NC(=O)[C@@H]2CCCN2C(=O)[C@H]([C@@H](C)O)NC(=O)[C@H](C(C)C)NC1=O. The maximum absolute atomic E-state index is 15.4. The summed E-state index contributed by atoms with van der Waals surface area (Å²) in [5.74, 6) is -25.7. The van der Waals surface area contributed by atoms with Crippen molar-refractivity contribution in [2.45, 2.75) is 300 Å². The molecule has 4 saturated heterocycles. The summed E-state index contributed by atoms with van der Waals surface area (Å²) in [5, 5.41) is 89.6. The zero-order valence-electron chi connectivity index (χ0n) is 82.1. The Bertz CT molecular complexity index is 4990. The lowest BCUT2D eigenvalue weighted by Crippen LogP contribution is -2.63. The van der Waals surface area contributed by atoms with Crippen LogP contribution >= 0.6 is 0 Å². The average Bonchev–Trinajstić information content (AvgIpc) is 1.71. The van der Waals surface area contributed by atoms with Gasteiger partial charge < -0.3 is 143 Å². The number of rotatable bonds is 28. The molecule has 1 aromatic heterocycles. The first kappa shape index (κ1) is 115. The number of carbonyl (C=O) groups excluding carboxylic acids is 19. The predicted molar refractivity (Wildman–Crippen MR) is 514 cm³/mol. The Hall–Kier alpha value is -14.5. The van der Waals surface area contributed by atoms with Gasteiger partial charge in [0.1, 0.15) is 103 Å². The van der Waals surface area contributed by atoms with Crippen molar-refractivity contribution in [2.24, 2.45) is 46.6 Å². The van der Waals surface area contributed by atoms with Crippen LogP contribution < -0.4 is 108 Å². The van der Waals surface area contributed by atoms with E-state index >= 15 is 19.2 Å². The average molecular weight is 2010 g/mol. The molecule has 3 aromatic rings. The molecule has 4 aliphatic rings. The van der Waals surface area contributed by atoms with E-state index in [4.69, 9.17) is 33.8 Å². The second-order valence-electron chi connectivity index (χ2n) is 37.5. The highest BCUT2D eigenvalue weighted by Crippen LogP contribution is 2.26. The summed E-state index contributed by atoms with van der Waals surface area (Å²) in [6.07, 6.45) is -5.42. The molecule has 0 bridgehead atoms. The Morgan fingerprint density at radius 1 is 0.392 bits per heavy atom. The minimum absolute atomic E-state index is 0.0186. The van der Waals surface area contributed by atoms with Crippen molar-refractivity contribution in [1.82, 2.24) is 110 Å². The van der Waals surface area contributed by atoms with Gasteiger partial charge in [0.2, 0.25) is 112 Å². The van der Waals surface area contributed by atoms with Crippen molar-refractivity contribution in [3.63, 3.8) is 0 Å². The van der Waals surface area contributed by atoms with Crippen LogP contribution in [0.3, 0.4) is 0 Å². The number of primary amides is 2. The first-order chi connectivity index (χ1) is 67.6. The zero-order valence-corrected chi connectivity index (χ0v) is 82.1. The molecule has 4 fully saturated rings. The molecule has 30 N–H and O–H groups in total. The molecule has 5 heterocycles. The van der Waals surface area contributed by atoms with Gasteiger partial charge in [-0.3, -0.25) is 107 Å². The maximum atomic E-state index is 15.4. The van der Waals surface area contributed by atoms with Gasteiger partial charge in [0.25, 0.3) is 0 Å². The van der Waals surface area contributed by atoms with Crippen molar-refractivity contribution >= 4 is 130 Å².